The Hall–Kier alpha value is -1.73. The van der Waals surface area contributed by atoms with Crippen LogP contribution in [-0.2, 0) is 0 Å². The van der Waals surface area contributed by atoms with E-state index in [9.17, 15) is 19.1 Å². The number of carboxylic acid groups (broad SMARTS) is 1. The van der Waals surface area contributed by atoms with Crippen molar-refractivity contribution >= 4 is 46.8 Å². The summed E-state index contributed by atoms with van der Waals surface area (Å²) in [5.74, 6) is -1.93. The summed E-state index contributed by atoms with van der Waals surface area (Å²) in [4.78, 5) is 25.7. The number of rotatable bonds is 3. The normalized spacial score (nSPS) is 20.4. The molecule has 0 spiro atoms. The zero-order chi connectivity index (χ0) is 17.9. The Balaban J connectivity index is 2.03. The molecule has 0 unspecified atom stereocenters. The molecule has 4 rings (SSSR count). The van der Waals surface area contributed by atoms with Crippen LogP contribution in [0.15, 0.2) is 17.1 Å². The first-order valence-electron chi connectivity index (χ1n) is 8.11. The van der Waals surface area contributed by atoms with Crippen molar-refractivity contribution in [3.05, 3.63) is 38.9 Å². The summed E-state index contributed by atoms with van der Waals surface area (Å²) < 4.78 is 16.5. The van der Waals surface area contributed by atoms with Crippen molar-refractivity contribution in [2.24, 2.45) is 0 Å². The highest BCUT2D eigenvalue weighted by atomic mass is 35.5. The van der Waals surface area contributed by atoms with Gasteiger partial charge in [-0.2, -0.15) is 12.6 Å². The molecule has 1 saturated carbocycles. The highest BCUT2D eigenvalue weighted by molar-refractivity contribution is 7.81. The minimum atomic E-state index is -1.32. The first kappa shape index (κ1) is 16.7. The van der Waals surface area contributed by atoms with E-state index in [1.807, 2.05) is 4.90 Å². The zero-order valence-corrected chi connectivity index (χ0v) is 14.9. The summed E-state index contributed by atoms with van der Waals surface area (Å²) in [6, 6.07) is 1.21. The molecule has 1 atom stereocenters. The van der Waals surface area contributed by atoms with Gasteiger partial charge in [0.1, 0.15) is 11.4 Å². The summed E-state index contributed by atoms with van der Waals surface area (Å²) >= 11 is 11.0. The van der Waals surface area contributed by atoms with E-state index in [2.05, 4.69) is 12.6 Å². The lowest BCUT2D eigenvalue weighted by Gasteiger charge is -2.23. The van der Waals surface area contributed by atoms with E-state index < -0.39 is 17.2 Å². The molecule has 2 aromatic rings. The zero-order valence-electron chi connectivity index (χ0n) is 13.2. The molecule has 25 heavy (non-hydrogen) atoms. The average molecular weight is 383 g/mol. The lowest BCUT2D eigenvalue weighted by atomic mass is 10.1. The van der Waals surface area contributed by atoms with E-state index in [1.54, 1.807) is 4.57 Å². The third kappa shape index (κ3) is 2.69. The number of fused-ring (bicyclic) bond motifs is 1. The Kier molecular flexibility index (Phi) is 3.96. The molecule has 1 aliphatic carbocycles. The molecule has 1 N–H and O–H groups in total. The van der Waals surface area contributed by atoms with Crippen LogP contribution in [0.5, 0.6) is 0 Å². The molecule has 1 aliphatic heterocycles. The highest BCUT2D eigenvalue weighted by Gasteiger charge is 2.31. The third-order valence-electron chi connectivity index (χ3n) is 4.83. The molecular weight excluding hydrogens is 367 g/mol. The Morgan fingerprint density at radius 1 is 1.36 bits per heavy atom. The quantitative estimate of drug-likeness (QED) is 0.799. The van der Waals surface area contributed by atoms with Crippen LogP contribution >= 0.6 is 24.2 Å². The van der Waals surface area contributed by atoms with Crippen molar-refractivity contribution in [3.63, 3.8) is 0 Å². The van der Waals surface area contributed by atoms with E-state index in [4.69, 9.17) is 11.6 Å². The molecule has 0 radical (unpaired) electrons. The molecule has 1 saturated heterocycles. The number of aromatic nitrogens is 1. The van der Waals surface area contributed by atoms with E-state index in [0.29, 0.717) is 18.6 Å². The van der Waals surface area contributed by atoms with Gasteiger partial charge in [-0.1, -0.05) is 11.6 Å². The van der Waals surface area contributed by atoms with E-state index in [0.717, 1.165) is 25.3 Å². The van der Waals surface area contributed by atoms with Crippen LogP contribution in [0.3, 0.4) is 0 Å². The highest BCUT2D eigenvalue weighted by Crippen LogP contribution is 2.42. The van der Waals surface area contributed by atoms with Crippen molar-refractivity contribution in [3.8, 4) is 0 Å². The van der Waals surface area contributed by atoms with Crippen molar-refractivity contribution in [2.75, 3.05) is 18.0 Å². The van der Waals surface area contributed by atoms with Crippen LogP contribution in [0, 0.1) is 5.82 Å². The van der Waals surface area contributed by atoms with E-state index in [1.165, 1.54) is 6.20 Å². The number of carboxylic acids is 1. The molecule has 1 aromatic carbocycles. The molecule has 5 nitrogen and oxygen atoms in total. The van der Waals surface area contributed by atoms with Crippen molar-refractivity contribution < 1.29 is 14.3 Å². The summed E-state index contributed by atoms with van der Waals surface area (Å²) in [7, 11) is 0. The monoisotopic (exact) mass is 382 g/mol. The van der Waals surface area contributed by atoms with Gasteiger partial charge in [-0.3, -0.25) is 4.79 Å². The topological polar surface area (TPSA) is 62.5 Å². The maximum absolute atomic E-state index is 14.8. The summed E-state index contributed by atoms with van der Waals surface area (Å²) in [6.45, 7) is 1.21. The minimum absolute atomic E-state index is 0.0136. The van der Waals surface area contributed by atoms with Crippen LogP contribution in [0.2, 0.25) is 5.02 Å². The predicted octanol–water partition coefficient (Wildman–Crippen LogP) is 3.34. The Morgan fingerprint density at radius 3 is 2.64 bits per heavy atom. The van der Waals surface area contributed by atoms with Gasteiger partial charge in [0.2, 0.25) is 5.43 Å². The predicted molar refractivity (Wildman–Crippen MR) is 98.0 cm³/mol. The first-order valence-corrected chi connectivity index (χ1v) is 9.01. The number of anilines is 1. The minimum Gasteiger partial charge on any atom is -0.477 e. The van der Waals surface area contributed by atoms with Gasteiger partial charge < -0.3 is 14.6 Å². The smallest absolute Gasteiger partial charge is 0.341 e. The van der Waals surface area contributed by atoms with Crippen LogP contribution in [-0.4, -0.2) is 34.0 Å². The second-order valence-electron chi connectivity index (χ2n) is 6.62. The number of halogens is 2. The molecular formula is C17H16ClFN2O3S. The fourth-order valence-corrected chi connectivity index (χ4v) is 4.18. The molecule has 1 aromatic heterocycles. The lowest BCUT2D eigenvalue weighted by molar-refractivity contribution is 0.0695. The molecule has 8 heteroatoms. The molecule has 2 fully saturated rings. The summed E-state index contributed by atoms with van der Waals surface area (Å²) in [5.41, 5.74) is -0.389. The first-order chi connectivity index (χ1) is 11.9. The summed E-state index contributed by atoms with van der Waals surface area (Å²) in [5, 5.41) is 9.61. The molecule has 2 heterocycles. The van der Waals surface area contributed by atoms with Gasteiger partial charge in [0, 0.05) is 30.6 Å². The number of thiol groups is 1. The fourth-order valence-electron chi connectivity index (χ4n) is 3.46. The Bertz CT molecular complexity index is 957. The number of carbonyl (C=O) groups is 1. The standard InChI is InChI=1S/C17H16ClFN2O3S/c18-13-14-10(5-12(19)15(13)20-4-3-9(25)6-20)16(22)11(17(23)24)7-21(14)8-1-2-8/h5,7-9,25H,1-4,6H2,(H,23,24)/t9-/m0/s1. The van der Waals surface area contributed by atoms with E-state index >= 15 is 0 Å². The van der Waals surface area contributed by atoms with Gasteiger partial charge >= 0.3 is 5.97 Å². The van der Waals surface area contributed by atoms with Crippen LogP contribution < -0.4 is 10.3 Å². The molecule has 0 bridgehead atoms. The van der Waals surface area contributed by atoms with Crippen LogP contribution in [0.4, 0.5) is 10.1 Å². The van der Waals surface area contributed by atoms with Crippen molar-refractivity contribution in [1.29, 1.82) is 0 Å². The van der Waals surface area contributed by atoms with Crippen molar-refractivity contribution in [1.82, 2.24) is 4.57 Å². The number of nitrogens with zero attached hydrogens (tertiary/aromatic N) is 2. The number of hydrogen-bond acceptors (Lipinski definition) is 4. The van der Waals surface area contributed by atoms with Crippen molar-refractivity contribution in [2.45, 2.75) is 30.6 Å². The summed E-state index contributed by atoms with van der Waals surface area (Å²) in [6.07, 6.45) is 3.92. The largest absolute Gasteiger partial charge is 0.477 e. The number of pyridine rings is 1. The maximum Gasteiger partial charge on any atom is 0.341 e. The second kappa shape index (κ2) is 5.92. The third-order valence-corrected chi connectivity index (χ3v) is 5.61. The van der Waals surface area contributed by atoms with Gasteiger partial charge in [-0.05, 0) is 25.3 Å². The van der Waals surface area contributed by atoms with Gasteiger partial charge in [-0.25, -0.2) is 9.18 Å². The van der Waals surface area contributed by atoms with Gasteiger partial charge in [0.25, 0.3) is 0 Å². The Morgan fingerprint density at radius 2 is 2.08 bits per heavy atom. The van der Waals surface area contributed by atoms with Gasteiger partial charge in [-0.15, -0.1) is 0 Å². The molecule has 2 aliphatic rings. The number of hydrogen-bond donors (Lipinski definition) is 2. The Labute approximate surface area is 153 Å². The second-order valence-corrected chi connectivity index (χ2v) is 7.73. The number of benzene rings is 1. The average Bonchev–Trinajstić information content (AvgIpc) is 3.30. The molecule has 132 valence electrons. The molecule has 0 amide bonds. The van der Waals surface area contributed by atoms with Crippen LogP contribution in [0.1, 0.15) is 35.7 Å². The van der Waals surface area contributed by atoms with Gasteiger partial charge in [0.15, 0.2) is 0 Å². The van der Waals surface area contributed by atoms with Crippen LogP contribution in [0.25, 0.3) is 10.9 Å². The van der Waals surface area contributed by atoms with E-state index in [-0.39, 0.29) is 33.0 Å². The number of aromatic carboxylic acids is 1. The maximum atomic E-state index is 14.8. The lowest BCUT2D eigenvalue weighted by Crippen LogP contribution is -2.23. The van der Waals surface area contributed by atoms with Gasteiger partial charge in [0.05, 0.1) is 21.6 Å². The SMILES string of the molecule is O=C(O)c1cn(C2CC2)c2c(Cl)c(N3CC[C@H](S)C3)c(F)cc2c1=O. The fraction of sp³-hybridized carbons (Fsp3) is 0.412.